The highest BCUT2D eigenvalue weighted by molar-refractivity contribution is 8.04. The maximum Gasteiger partial charge on any atom is 0.348 e. The summed E-state index contributed by atoms with van der Waals surface area (Å²) < 4.78 is 63.2. The van der Waals surface area contributed by atoms with Crippen molar-refractivity contribution in [2.24, 2.45) is 0 Å². The Morgan fingerprint density at radius 2 is 0.967 bits per heavy atom. The van der Waals surface area contributed by atoms with Crippen LogP contribution in [0.5, 0.6) is 11.5 Å². The van der Waals surface area contributed by atoms with Crippen LogP contribution in [-0.4, -0.2) is 75.5 Å². The lowest BCUT2D eigenvalue weighted by molar-refractivity contribution is -0.272. The summed E-state index contributed by atoms with van der Waals surface area (Å²) in [6.07, 6.45) is -4.28. The van der Waals surface area contributed by atoms with Gasteiger partial charge in [-0.1, -0.05) is 115 Å². The van der Waals surface area contributed by atoms with E-state index in [2.05, 4.69) is 0 Å². The highest BCUT2D eigenvalue weighted by Gasteiger charge is 2.55. The highest BCUT2D eigenvalue weighted by Crippen LogP contribution is 2.47. The minimum Gasteiger partial charge on any atom is -0.497 e. The monoisotopic (exact) mass is 846 g/mol. The Morgan fingerprint density at radius 1 is 0.508 bits per heavy atom. The van der Waals surface area contributed by atoms with Gasteiger partial charge in [0.15, 0.2) is 18.0 Å². The fraction of sp³-hybridized carbons (Fsp3) is 0.327. The third-order valence-corrected chi connectivity index (χ3v) is 12.0. The number of hydrogen-bond donors (Lipinski definition) is 0. The molecule has 5 aromatic rings. The van der Waals surface area contributed by atoms with E-state index in [0.29, 0.717) is 30.5 Å². The van der Waals surface area contributed by atoms with Crippen LogP contribution in [0.1, 0.15) is 27.8 Å². The van der Waals surface area contributed by atoms with Crippen molar-refractivity contribution in [2.75, 3.05) is 27.4 Å². The lowest BCUT2D eigenvalue weighted by atomic mass is 9.99. The van der Waals surface area contributed by atoms with Crippen LogP contribution in [0.25, 0.3) is 0 Å². The number of esters is 1. The molecule has 7 atom stereocenters. The second-order valence-corrected chi connectivity index (χ2v) is 16.0. The smallest absolute Gasteiger partial charge is 0.348 e. The molecule has 0 bridgehead atoms. The number of cyclic esters (lactones) is 1. The predicted molar refractivity (Wildman–Crippen MR) is 228 cm³/mol. The van der Waals surface area contributed by atoms with Gasteiger partial charge in [0.05, 0.1) is 60.5 Å². The second kappa shape index (κ2) is 21.1. The van der Waals surface area contributed by atoms with Gasteiger partial charge in [-0.3, -0.25) is 0 Å². The third kappa shape index (κ3) is 11.0. The summed E-state index contributed by atoms with van der Waals surface area (Å²) in [7, 11) is 3.25. The molecule has 0 aromatic heterocycles. The van der Waals surface area contributed by atoms with Gasteiger partial charge in [-0.15, -0.1) is 11.8 Å². The Hall–Kier alpha value is -5.18. The van der Waals surface area contributed by atoms with Crippen LogP contribution < -0.4 is 9.47 Å². The fourth-order valence-electron chi connectivity index (χ4n) is 7.39. The summed E-state index contributed by atoms with van der Waals surface area (Å²) >= 11 is 1.32. The lowest BCUT2D eigenvalue weighted by Gasteiger charge is -2.49. The Labute approximate surface area is 360 Å². The van der Waals surface area contributed by atoms with Crippen molar-refractivity contribution in [1.82, 2.24) is 0 Å². The van der Waals surface area contributed by atoms with Crippen LogP contribution in [0.4, 0.5) is 0 Å². The summed E-state index contributed by atoms with van der Waals surface area (Å²) in [6, 6.07) is 45.1. The number of hydrogen-bond acceptors (Lipinski definition) is 12. The van der Waals surface area contributed by atoms with Crippen molar-refractivity contribution in [1.29, 1.82) is 0 Å². The first-order valence-corrected chi connectivity index (χ1v) is 21.2. The number of methoxy groups -OCH3 is 2. The zero-order valence-electron chi connectivity index (χ0n) is 34.2. The second-order valence-electron chi connectivity index (χ2n) is 14.8. The van der Waals surface area contributed by atoms with Crippen molar-refractivity contribution in [3.63, 3.8) is 0 Å². The molecule has 0 unspecified atom stereocenters. The molecule has 318 valence electrons. The quantitative estimate of drug-likeness (QED) is 0.0748. The van der Waals surface area contributed by atoms with E-state index in [0.717, 1.165) is 39.3 Å². The van der Waals surface area contributed by atoms with Gasteiger partial charge in [0.1, 0.15) is 40.0 Å². The van der Waals surface area contributed by atoms with E-state index in [-0.39, 0.29) is 26.4 Å². The van der Waals surface area contributed by atoms with Gasteiger partial charge >= 0.3 is 5.97 Å². The van der Waals surface area contributed by atoms with Gasteiger partial charge in [0.2, 0.25) is 6.29 Å². The number of rotatable bonds is 19. The van der Waals surface area contributed by atoms with Gasteiger partial charge in [0, 0.05) is 0 Å². The number of thioether (sulfide) groups is 1. The summed E-state index contributed by atoms with van der Waals surface area (Å²) in [5, 5.41) is -0.522. The van der Waals surface area contributed by atoms with Crippen molar-refractivity contribution < 1.29 is 52.2 Å². The molecule has 3 aliphatic rings. The van der Waals surface area contributed by atoms with E-state index in [4.69, 9.17) is 47.4 Å². The molecule has 3 heterocycles. The highest BCUT2D eigenvalue weighted by atomic mass is 32.2. The molecule has 0 amide bonds. The molecular formula is C49H50O11S. The molecule has 0 saturated carbocycles. The van der Waals surface area contributed by atoms with E-state index in [1.165, 1.54) is 11.8 Å². The minimum absolute atomic E-state index is 0.0545. The number of fused-ring (bicyclic) bond motifs is 1. The fourth-order valence-corrected chi connectivity index (χ4v) is 8.69. The SMILES string of the molecule is COc1ccc(COC[C@H]2OC(=O)C3=C(O[C@@H]4O[C@@H](COCc5ccccc5)[C@H](OCc5ccccc5)[C@@H](OCc5ccccc5)[C@H]4S3)[C@@H]2OCc2ccc(OC)cc2)cc1. The lowest BCUT2D eigenvalue weighted by Crippen LogP contribution is -2.62. The van der Waals surface area contributed by atoms with E-state index in [9.17, 15) is 4.79 Å². The first-order chi connectivity index (χ1) is 30.0. The molecule has 1 saturated heterocycles. The normalized spacial score (nSPS) is 23.3. The topological polar surface area (TPSA) is 109 Å². The van der Waals surface area contributed by atoms with Gasteiger partial charge in [0.25, 0.3) is 0 Å². The van der Waals surface area contributed by atoms with Gasteiger partial charge < -0.3 is 47.4 Å². The van der Waals surface area contributed by atoms with E-state index in [1.807, 2.05) is 140 Å². The van der Waals surface area contributed by atoms with Gasteiger partial charge in [-0.25, -0.2) is 4.79 Å². The standard InChI is InChI=1S/C49H50O11S/c1-51-38-22-18-36(19-23-38)27-54-31-40-43(56-30-37-20-24-39(52-2)25-21-37)45-46(48(50)58-40)61-47-44(57-29-35-16-10-5-11-17-35)42(55-28-34-14-8-4-9-15-34)41(59-49(47)60-45)32-53-26-33-12-6-3-7-13-33/h3-25,40-44,47,49H,26-32H2,1-2H3/t40-,41+,42+,43-,44-,47-,49+/m1/s1. The van der Waals surface area contributed by atoms with Crippen LogP contribution in [0.3, 0.4) is 0 Å². The molecule has 12 heteroatoms. The molecule has 5 aromatic carbocycles. The Morgan fingerprint density at radius 3 is 1.51 bits per heavy atom. The maximum absolute atomic E-state index is 14.1. The van der Waals surface area contributed by atoms with Gasteiger partial charge in [-0.2, -0.15) is 0 Å². The van der Waals surface area contributed by atoms with E-state index < -0.39 is 48.0 Å². The number of carbonyl (C=O) groups excluding carboxylic acids is 1. The average Bonchev–Trinajstić information content (AvgIpc) is 3.31. The molecule has 1 fully saturated rings. The Kier molecular flexibility index (Phi) is 14.7. The number of ether oxygens (including phenoxy) is 10. The first kappa shape index (κ1) is 42.5. The van der Waals surface area contributed by atoms with E-state index >= 15 is 0 Å². The molecule has 0 aliphatic carbocycles. The zero-order chi connectivity index (χ0) is 41.8. The molecule has 8 rings (SSSR count). The summed E-state index contributed by atoms with van der Waals surface area (Å²) in [4.78, 5) is 14.4. The van der Waals surface area contributed by atoms with Crippen molar-refractivity contribution in [2.45, 2.75) is 75.1 Å². The van der Waals surface area contributed by atoms with Crippen LogP contribution in [-0.2, 0) is 75.7 Å². The molecule has 3 aliphatic heterocycles. The molecule has 11 nitrogen and oxygen atoms in total. The Balaban J connectivity index is 1.08. The van der Waals surface area contributed by atoms with Crippen molar-refractivity contribution >= 4 is 17.7 Å². The van der Waals surface area contributed by atoms with E-state index in [1.54, 1.807) is 14.2 Å². The summed E-state index contributed by atoms with van der Waals surface area (Å²) in [5.41, 5.74) is 4.86. The summed E-state index contributed by atoms with van der Waals surface area (Å²) in [6.45, 7) is 1.74. The minimum atomic E-state index is -0.856. The number of carbonyl (C=O) groups is 1. The van der Waals surface area contributed by atoms with Crippen LogP contribution in [0.2, 0.25) is 0 Å². The number of benzene rings is 5. The van der Waals surface area contributed by atoms with Crippen LogP contribution in [0, 0.1) is 0 Å². The maximum atomic E-state index is 14.1. The predicted octanol–water partition coefficient (Wildman–Crippen LogP) is 8.19. The van der Waals surface area contributed by atoms with Crippen LogP contribution in [0.15, 0.2) is 150 Å². The zero-order valence-corrected chi connectivity index (χ0v) is 35.0. The largest absolute Gasteiger partial charge is 0.497 e. The third-order valence-electron chi connectivity index (χ3n) is 10.6. The van der Waals surface area contributed by atoms with Gasteiger partial charge in [-0.05, 0) is 52.1 Å². The van der Waals surface area contributed by atoms with Crippen molar-refractivity contribution in [3.05, 3.63) is 178 Å². The summed E-state index contributed by atoms with van der Waals surface area (Å²) in [5.74, 6) is 1.29. The molecule has 0 spiro atoms. The molecule has 61 heavy (non-hydrogen) atoms. The Bertz CT molecular complexity index is 2150. The molecule has 0 radical (unpaired) electrons. The van der Waals surface area contributed by atoms with Crippen LogP contribution >= 0.6 is 11.8 Å². The average molecular weight is 847 g/mol. The first-order valence-electron chi connectivity index (χ1n) is 20.4. The molecule has 0 N–H and O–H groups in total. The molecular weight excluding hydrogens is 797 g/mol. The van der Waals surface area contributed by atoms with Crippen molar-refractivity contribution in [3.8, 4) is 11.5 Å².